The van der Waals surface area contributed by atoms with Gasteiger partial charge in [0, 0.05) is 50.3 Å². The molecule has 43 heavy (non-hydrogen) atoms. The molecule has 3 rings (SSSR count). The maximum Gasteiger partial charge on any atom is 0.319 e. The lowest BCUT2D eigenvalue weighted by atomic mass is 9.88. The Labute approximate surface area is 257 Å². The minimum Gasteiger partial charge on any atom is -0.490 e. The fourth-order valence-electron chi connectivity index (χ4n) is 5.91. The molecule has 1 heterocycles. The third-order valence-electron chi connectivity index (χ3n) is 8.51. The summed E-state index contributed by atoms with van der Waals surface area (Å²) in [5, 5.41) is 15.8. The average molecular weight is 603 g/mol. The molecule has 0 spiro atoms. The molecule has 1 aliphatic carbocycles. The van der Waals surface area contributed by atoms with Crippen LogP contribution in [-0.2, 0) is 9.53 Å². The number of urea groups is 1. The smallest absolute Gasteiger partial charge is 0.319 e. The summed E-state index contributed by atoms with van der Waals surface area (Å²) in [7, 11) is 1.86. The van der Waals surface area contributed by atoms with E-state index in [1.165, 1.54) is 6.42 Å². The van der Waals surface area contributed by atoms with Crippen molar-refractivity contribution in [1.29, 1.82) is 0 Å². The number of likely N-dealkylation sites (N-methyl/N-ethyl adjacent to an activating group) is 1. The van der Waals surface area contributed by atoms with Crippen LogP contribution in [0, 0.1) is 11.8 Å². The number of aliphatic hydroxyl groups is 1. The molecule has 1 fully saturated rings. The van der Waals surface area contributed by atoms with Gasteiger partial charge in [0.15, 0.2) is 0 Å². The number of anilines is 1. The van der Waals surface area contributed by atoms with Gasteiger partial charge in [0.2, 0.25) is 5.91 Å². The number of ether oxygens (including phenoxy) is 2. The molecule has 1 aromatic rings. The standard InChI is InChI=1S/C33H54N4O6/c1-22(2)34-33(41)35-27-15-16-29-28(18-27)32(40)37(24(4)21-38)19-23(3)30(42-17-11-10-12-25(5)43-29)20-36(6)31(39)26-13-8-7-9-14-26/h15-16,18,22-26,30,38H,7-14,17,19-21H2,1-6H3,(H2,34,35,41)/t23-,24-,25+,30-/m0/s1. The summed E-state index contributed by atoms with van der Waals surface area (Å²) < 4.78 is 12.7. The van der Waals surface area contributed by atoms with E-state index in [4.69, 9.17) is 9.47 Å². The lowest BCUT2D eigenvalue weighted by Crippen LogP contribution is -2.48. The van der Waals surface area contributed by atoms with E-state index < -0.39 is 6.04 Å². The molecule has 0 bridgehead atoms. The molecular weight excluding hydrogens is 548 g/mol. The van der Waals surface area contributed by atoms with Crippen LogP contribution in [-0.4, -0.2) is 90.4 Å². The Bertz CT molecular complexity index is 1060. The molecule has 1 aromatic carbocycles. The van der Waals surface area contributed by atoms with Gasteiger partial charge in [-0.25, -0.2) is 4.79 Å². The van der Waals surface area contributed by atoms with Crippen molar-refractivity contribution in [3.05, 3.63) is 23.8 Å². The molecule has 10 nitrogen and oxygen atoms in total. The SMILES string of the molecule is CC(C)NC(=O)Nc1ccc2c(c1)C(=O)N([C@@H](C)CO)C[C@H](C)[C@H](CN(C)C(=O)C1CCCCC1)OCCCC[C@@H](C)O2. The Morgan fingerprint density at radius 3 is 2.44 bits per heavy atom. The first kappa shape index (κ1) is 34.6. The zero-order valence-electron chi connectivity index (χ0n) is 27.1. The molecule has 4 amide bonds. The van der Waals surface area contributed by atoms with Crippen LogP contribution in [0.5, 0.6) is 5.75 Å². The van der Waals surface area contributed by atoms with E-state index in [9.17, 15) is 19.5 Å². The summed E-state index contributed by atoms with van der Waals surface area (Å²) in [6.45, 7) is 10.7. The molecule has 3 N–H and O–H groups in total. The minimum absolute atomic E-state index is 0.0438. The molecule has 10 heteroatoms. The number of benzene rings is 1. The summed E-state index contributed by atoms with van der Waals surface area (Å²) in [5.41, 5.74) is 0.789. The third-order valence-corrected chi connectivity index (χ3v) is 8.51. The first-order valence-corrected chi connectivity index (χ1v) is 16.2. The fraction of sp³-hybridized carbons (Fsp3) is 0.727. The first-order chi connectivity index (χ1) is 20.5. The van der Waals surface area contributed by atoms with Gasteiger partial charge in [-0.05, 0) is 78.0 Å². The van der Waals surface area contributed by atoms with Crippen molar-refractivity contribution in [2.75, 3.05) is 38.7 Å². The van der Waals surface area contributed by atoms with Gasteiger partial charge >= 0.3 is 6.03 Å². The average Bonchev–Trinajstić information content (AvgIpc) is 2.98. The second kappa shape index (κ2) is 16.9. The van der Waals surface area contributed by atoms with E-state index in [-0.39, 0.29) is 54.5 Å². The molecule has 242 valence electrons. The van der Waals surface area contributed by atoms with E-state index in [0.717, 1.165) is 44.9 Å². The Morgan fingerprint density at radius 2 is 1.77 bits per heavy atom. The Hall–Kier alpha value is -2.85. The highest BCUT2D eigenvalue weighted by molar-refractivity contribution is 5.99. The van der Waals surface area contributed by atoms with Crippen molar-refractivity contribution in [1.82, 2.24) is 15.1 Å². The van der Waals surface area contributed by atoms with Crippen molar-refractivity contribution in [3.63, 3.8) is 0 Å². The van der Waals surface area contributed by atoms with Gasteiger partial charge in [-0.2, -0.15) is 0 Å². The summed E-state index contributed by atoms with van der Waals surface area (Å²) >= 11 is 0. The van der Waals surface area contributed by atoms with Gasteiger partial charge in [-0.3, -0.25) is 9.59 Å². The Balaban J connectivity index is 1.90. The van der Waals surface area contributed by atoms with Crippen LogP contribution in [0.2, 0.25) is 0 Å². The number of hydrogen-bond acceptors (Lipinski definition) is 6. The van der Waals surface area contributed by atoms with Crippen molar-refractivity contribution < 1.29 is 29.0 Å². The summed E-state index contributed by atoms with van der Waals surface area (Å²) in [6, 6.07) is 4.21. The quantitative estimate of drug-likeness (QED) is 0.402. The monoisotopic (exact) mass is 602 g/mol. The van der Waals surface area contributed by atoms with E-state index in [0.29, 0.717) is 36.7 Å². The molecule has 0 unspecified atom stereocenters. The maximum absolute atomic E-state index is 14.2. The van der Waals surface area contributed by atoms with E-state index in [1.54, 1.807) is 23.1 Å². The van der Waals surface area contributed by atoms with Crippen LogP contribution >= 0.6 is 0 Å². The highest BCUT2D eigenvalue weighted by Gasteiger charge is 2.32. The normalized spacial score (nSPS) is 23.5. The number of fused-ring (bicyclic) bond motifs is 1. The predicted molar refractivity (Wildman–Crippen MR) is 168 cm³/mol. The second-order valence-corrected chi connectivity index (χ2v) is 12.8. The third kappa shape index (κ3) is 10.4. The highest BCUT2D eigenvalue weighted by Crippen LogP contribution is 2.29. The maximum atomic E-state index is 14.2. The molecule has 0 saturated heterocycles. The Morgan fingerprint density at radius 1 is 1.07 bits per heavy atom. The number of hydrogen-bond donors (Lipinski definition) is 3. The number of carbonyl (C=O) groups is 3. The van der Waals surface area contributed by atoms with Crippen LogP contribution in [0.4, 0.5) is 10.5 Å². The van der Waals surface area contributed by atoms with Gasteiger partial charge in [-0.15, -0.1) is 0 Å². The van der Waals surface area contributed by atoms with Crippen molar-refractivity contribution in [3.8, 4) is 5.75 Å². The van der Waals surface area contributed by atoms with Crippen LogP contribution < -0.4 is 15.4 Å². The zero-order valence-corrected chi connectivity index (χ0v) is 27.1. The second-order valence-electron chi connectivity index (χ2n) is 12.8. The number of carbonyl (C=O) groups excluding carboxylic acids is 3. The molecule has 0 radical (unpaired) electrons. The number of rotatable bonds is 7. The van der Waals surface area contributed by atoms with Crippen LogP contribution in [0.15, 0.2) is 18.2 Å². The lowest BCUT2D eigenvalue weighted by molar-refractivity contribution is -0.137. The van der Waals surface area contributed by atoms with Crippen molar-refractivity contribution >= 4 is 23.5 Å². The van der Waals surface area contributed by atoms with E-state index in [2.05, 4.69) is 10.6 Å². The van der Waals surface area contributed by atoms with E-state index in [1.807, 2.05) is 46.6 Å². The summed E-state index contributed by atoms with van der Waals surface area (Å²) in [6.07, 6.45) is 7.38. The predicted octanol–water partition coefficient (Wildman–Crippen LogP) is 5.05. The molecule has 1 saturated carbocycles. The van der Waals surface area contributed by atoms with Gasteiger partial charge in [0.05, 0.1) is 30.4 Å². The summed E-state index contributed by atoms with van der Waals surface area (Å²) in [5.74, 6) is 0.268. The van der Waals surface area contributed by atoms with E-state index >= 15 is 0 Å². The van der Waals surface area contributed by atoms with Gasteiger partial charge in [-0.1, -0.05) is 26.2 Å². The van der Waals surface area contributed by atoms with Crippen LogP contribution in [0.25, 0.3) is 0 Å². The van der Waals surface area contributed by atoms with Gasteiger partial charge in [0.25, 0.3) is 5.91 Å². The molecule has 1 aliphatic heterocycles. The molecule has 0 aromatic heterocycles. The largest absolute Gasteiger partial charge is 0.490 e. The minimum atomic E-state index is -0.476. The number of nitrogens with zero attached hydrogens (tertiary/aromatic N) is 2. The van der Waals surface area contributed by atoms with Crippen LogP contribution in [0.1, 0.15) is 96.3 Å². The Kier molecular flexibility index (Phi) is 13.6. The number of aliphatic hydroxyl groups excluding tert-OH is 1. The topological polar surface area (TPSA) is 120 Å². The zero-order chi connectivity index (χ0) is 31.5. The van der Waals surface area contributed by atoms with Crippen molar-refractivity contribution in [2.45, 2.75) is 110 Å². The number of amides is 4. The fourth-order valence-corrected chi connectivity index (χ4v) is 5.91. The van der Waals surface area contributed by atoms with Gasteiger partial charge in [0.1, 0.15) is 5.75 Å². The molecule has 4 atom stereocenters. The van der Waals surface area contributed by atoms with Crippen LogP contribution in [0.3, 0.4) is 0 Å². The highest BCUT2D eigenvalue weighted by atomic mass is 16.5. The lowest BCUT2D eigenvalue weighted by Gasteiger charge is -2.36. The van der Waals surface area contributed by atoms with Crippen molar-refractivity contribution in [2.24, 2.45) is 11.8 Å². The van der Waals surface area contributed by atoms with Gasteiger partial charge < -0.3 is 35.0 Å². The summed E-state index contributed by atoms with van der Waals surface area (Å²) in [4.78, 5) is 43.4. The first-order valence-electron chi connectivity index (χ1n) is 16.2. The molecular formula is C33H54N4O6. The molecule has 2 aliphatic rings. The number of nitrogens with one attached hydrogen (secondary N) is 2.